The van der Waals surface area contributed by atoms with E-state index in [9.17, 15) is 14.4 Å². The third-order valence-corrected chi connectivity index (χ3v) is 3.96. The lowest BCUT2D eigenvalue weighted by Crippen LogP contribution is -2.31. The van der Waals surface area contributed by atoms with Crippen molar-refractivity contribution in [3.05, 3.63) is 11.5 Å². The van der Waals surface area contributed by atoms with Crippen LogP contribution < -0.4 is 0 Å². The van der Waals surface area contributed by atoms with Crippen LogP contribution in [0.2, 0.25) is 0 Å². The molecule has 0 aromatic carbocycles. The third kappa shape index (κ3) is 15.6. The number of unbranched alkanes of at least 4 members (excludes halogenated alkanes) is 6. The maximum absolute atomic E-state index is 10.5. The van der Waals surface area contributed by atoms with Gasteiger partial charge in [0.25, 0.3) is 0 Å². The number of hydrogen-bond acceptors (Lipinski definition) is 8. The largest absolute Gasteiger partial charge is 0.505 e. The number of carbonyl (C=O) groups excluding carboxylic acids is 1. The molecular formula is C20H36O10. The van der Waals surface area contributed by atoms with Crippen LogP contribution >= 0.6 is 0 Å². The minimum absolute atomic E-state index is 0.333. The lowest BCUT2D eigenvalue weighted by Gasteiger charge is -2.13. The molecule has 1 heterocycles. The molecule has 0 unspecified atom stereocenters. The van der Waals surface area contributed by atoms with Gasteiger partial charge in [-0.3, -0.25) is 9.59 Å². The Labute approximate surface area is 176 Å². The van der Waals surface area contributed by atoms with Crippen LogP contribution in [-0.4, -0.2) is 67.4 Å². The van der Waals surface area contributed by atoms with Gasteiger partial charge >= 0.3 is 17.9 Å². The molecule has 0 saturated carbocycles. The van der Waals surface area contributed by atoms with Gasteiger partial charge in [0.1, 0.15) is 6.10 Å². The fraction of sp³-hybridized carbons (Fsp3) is 0.750. The minimum Gasteiger partial charge on any atom is -0.505 e. The second kappa shape index (κ2) is 18.7. The van der Waals surface area contributed by atoms with Crippen LogP contribution in [0.3, 0.4) is 0 Å². The maximum atomic E-state index is 10.5. The topological polar surface area (TPSA) is 182 Å². The summed E-state index contributed by atoms with van der Waals surface area (Å²) in [5.74, 6) is -4.13. The summed E-state index contributed by atoms with van der Waals surface area (Å²) in [4.78, 5) is 30.5. The van der Waals surface area contributed by atoms with E-state index in [1.165, 1.54) is 12.8 Å². The van der Waals surface area contributed by atoms with Gasteiger partial charge in [0, 0.05) is 12.8 Å². The van der Waals surface area contributed by atoms with Crippen LogP contribution in [0.1, 0.15) is 78.1 Å². The van der Waals surface area contributed by atoms with Gasteiger partial charge in [-0.25, -0.2) is 4.79 Å². The van der Waals surface area contributed by atoms with E-state index in [1.54, 1.807) is 0 Å². The molecule has 0 radical (unpaired) electrons. The maximum Gasteiger partial charge on any atom is 0.377 e. The van der Waals surface area contributed by atoms with Gasteiger partial charge in [-0.15, -0.1) is 0 Å². The average Bonchev–Trinajstić information content (AvgIpc) is 2.96. The van der Waals surface area contributed by atoms with E-state index in [2.05, 4.69) is 18.6 Å². The minimum atomic E-state index is -1.42. The van der Waals surface area contributed by atoms with Crippen molar-refractivity contribution in [2.45, 2.75) is 90.3 Å². The number of carboxylic acid groups (broad SMARTS) is 2. The Kier molecular flexibility index (Phi) is 18.6. The second-order valence-electron chi connectivity index (χ2n) is 6.72. The van der Waals surface area contributed by atoms with E-state index >= 15 is 0 Å². The number of aliphatic hydroxyl groups excluding tert-OH is 4. The van der Waals surface area contributed by atoms with Crippen molar-refractivity contribution in [2.24, 2.45) is 0 Å². The molecule has 0 saturated heterocycles. The highest BCUT2D eigenvalue weighted by Crippen LogP contribution is 2.20. The predicted octanol–water partition coefficient (Wildman–Crippen LogP) is 2.68. The Morgan fingerprint density at radius 1 is 0.900 bits per heavy atom. The summed E-state index contributed by atoms with van der Waals surface area (Å²) in [5.41, 5.74) is 0. The lowest BCUT2D eigenvalue weighted by molar-refractivity contribution is -0.147. The molecule has 176 valence electrons. The van der Waals surface area contributed by atoms with Crippen molar-refractivity contribution >= 4 is 17.9 Å². The second-order valence-corrected chi connectivity index (χ2v) is 6.72. The van der Waals surface area contributed by atoms with Gasteiger partial charge in [0.2, 0.25) is 5.76 Å². The molecule has 0 spiro atoms. The first kappa shape index (κ1) is 29.9. The first-order valence-corrected chi connectivity index (χ1v) is 10.2. The van der Waals surface area contributed by atoms with Crippen LogP contribution in [0.4, 0.5) is 0 Å². The molecule has 1 rings (SSSR count). The summed E-state index contributed by atoms with van der Waals surface area (Å²) in [5, 5.41) is 51.5. The highest BCUT2D eigenvalue weighted by Gasteiger charge is 2.38. The molecule has 0 fully saturated rings. The molecule has 0 aromatic heterocycles. The fourth-order valence-electron chi connectivity index (χ4n) is 2.23. The number of aliphatic hydroxyl groups is 4. The molecule has 1 aliphatic heterocycles. The van der Waals surface area contributed by atoms with Crippen LogP contribution in [0.15, 0.2) is 11.5 Å². The summed E-state index contributed by atoms with van der Waals surface area (Å²) < 4.78 is 4.32. The van der Waals surface area contributed by atoms with Crippen molar-refractivity contribution in [3.63, 3.8) is 0 Å². The van der Waals surface area contributed by atoms with Gasteiger partial charge in [-0.05, 0) is 12.8 Å². The smallest absolute Gasteiger partial charge is 0.377 e. The number of hydrogen-bond donors (Lipinski definition) is 6. The summed E-state index contributed by atoms with van der Waals surface area (Å²) in [6, 6.07) is 0. The van der Waals surface area contributed by atoms with Crippen LogP contribution in [0.25, 0.3) is 0 Å². The average molecular weight is 436 g/mol. The molecular weight excluding hydrogens is 400 g/mol. The molecule has 10 nitrogen and oxygen atoms in total. The Morgan fingerprint density at radius 2 is 1.33 bits per heavy atom. The monoisotopic (exact) mass is 436 g/mol. The van der Waals surface area contributed by atoms with Crippen LogP contribution in [0, 0.1) is 0 Å². The number of aliphatic carboxylic acids is 2. The van der Waals surface area contributed by atoms with Crippen molar-refractivity contribution in [1.29, 1.82) is 0 Å². The van der Waals surface area contributed by atoms with E-state index in [4.69, 9.17) is 30.6 Å². The summed E-state index contributed by atoms with van der Waals surface area (Å²) in [6.45, 7) is 3.55. The summed E-state index contributed by atoms with van der Waals surface area (Å²) >= 11 is 0. The van der Waals surface area contributed by atoms with Crippen molar-refractivity contribution in [2.75, 3.05) is 6.61 Å². The first-order chi connectivity index (χ1) is 14.1. The summed E-state index contributed by atoms with van der Waals surface area (Å²) in [7, 11) is 0. The number of cyclic esters (lactones) is 1. The SMILES string of the molecule is CCCCCCC(=O)O.CCCCCCC(=O)O.O=C1O[C@H]([C@@H](O)CO)C(O)=C1O. The molecule has 0 amide bonds. The molecule has 6 N–H and O–H groups in total. The molecule has 2 atom stereocenters. The molecule has 1 aliphatic rings. The fourth-order valence-corrected chi connectivity index (χ4v) is 2.23. The quantitative estimate of drug-likeness (QED) is 0.196. The zero-order valence-corrected chi connectivity index (χ0v) is 17.7. The van der Waals surface area contributed by atoms with E-state index in [0.717, 1.165) is 38.5 Å². The Morgan fingerprint density at radius 3 is 1.60 bits per heavy atom. The highest BCUT2D eigenvalue weighted by atomic mass is 16.6. The molecule has 0 aliphatic carbocycles. The van der Waals surface area contributed by atoms with E-state index in [-0.39, 0.29) is 0 Å². The van der Waals surface area contributed by atoms with Crippen molar-refractivity contribution in [1.82, 2.24) is 0 Å². The Balaban J connectivity index is 0. The Hall–Kier alpha value is -2.33. The van der Waals surface area contributed by atoms with Crippen LogP contribution in [0.5, 0.6) is 0 Å². The van der Waals surface area contributed by atoms with Gasteiger partial charge in [0.05, 0.1) is 6.61 Å². The molecule has 30 heavy (non-hydrogen) atoms. The first-order valence-electron chi connectivity index (χ1n) is 10.2. The lowest BCUT2D eigenvalue weighted by atomic mass is 10.2. The van der Waals surface area contributed by atoms with Gasteiger partial charge < -0.3 is 35.4 Å². The predicted molar refractivity (Wildman–Crippen MR) is 108 cm³/mol. The van der Waals surface area contributed by atoms with Crippen LogP contribution in [-0.2, 0) is 19.1 Å². The van der Waals surface area contributed by atoms with Crippen molar-refractivity contribution in [3.8, 4) is 0 Å². The molecule has 0 aromatic rings. The number of esters is 1. The van der Waals surface area contributed by atoms with Gasteiger partial charge in [0.15, 0.2) is 11.9 Å². The summed E-state index contributed by atoms with van der Waals surface area (Å²) in [6.07, 6.45) is 6.33. The third-order valence-electron chi connectivity index (χ3n) is 3.96. The van der Waals surface area contributed by atoms with Gasteiger partial charge in [-0.2, -0.15) is 0 Å². The molecule has 0 bridgehead atoms. The number of rotatable bonds is 12. The Bertz CT molecular complexity index is 508. The van der Waals surface area contributed by atoms with E-state index < -0.39 is 48.2 Å². The molecule has 10 heteroatoms. The zero-order chi connectivity index (χ0) is 23.5. The normalized spacial score (nSPS) is 16.0. The number of ether oxygens (including phenoxy) is 1. The number of carboxylic acids is 2. The van der Waals surface area contributed by atoms with Gasteiger partial charge in [-0.1, -0.05) is 52.4 Å². The standard InChI is InChI=1S/2C7H14O2.C6H8O6/c2*1-2-3-4-5-6-7(8)9;7-1-2(8)5-3(9)4(10)6(11)12-5/h2*2-6H2,1H3,(H,8,9);2,5,7-10H,1H2/t;;2-,5+/m..0/s1. The number of carbonyl (C=O) groups is 3. The van der Waals surface area contributed by atoms with E-state index in [1.807, 2.05) is 0 Å². The van der Waals surface area contributed by atoms with E-state index in [0.29, 0.717) is 12.8 Å². The van der Waals surface area contributed by atoms with Crippen molar-refractivity contribution < 1.29 is 49.8 Å². The highest BCUT2D eigenvalue weighted by molar-refractivity contribution is 5.89. The zero-order valence-electron chi connectivity index (χ0n) is 17.7.